The zero-order valence-corrected chi connectivity index (χ0v) is 20.5. The van der Waals surface area contributed by atoms with Crippen LogP contribution in [0.5, 0.6) is 0 Å². The number of rotatable bonds is 8. The Bertz CT molecular complexity index is 1130. The molecule has 0 aromatic carbocycles. The lowest BCUT2D eigenvalue weighted by atomic mass is 9.97. The maximum atomic E-state index is 13.0. The predicted molar refractivity (Wildman–Crippen MR) is 132 cm³/mol. The van der Waals surface area contributed by atoms with E-state index in [2.05, 4.69) is 38.3 Å². The van der Waals surface area contributed by atoms with Crippen LogP contribution in [0, 0.1) is 0 Å². The highest BCUT2D eigenvalue weighted by atomic mass is 32.2. The molecule has 9 nitrogen and oxygen atoms in total. The van der Waals surface area contributed by atoms with Crippen LogP contribution < -0.4 is 21.5 Å². The molecule has 2 bridgehead atoms. The highest BCUT2D eigenvalue weighted by Crippen LogP contribution is 2.37. The number of anilines is 2. The minimum atomic E-state index is -3.19. The second-order valence-corrected chi connectivity index (χ2v) is 12.2. The van der Waals surface area contributed by atoms with E-state index in [1.807, 2.05) is 12.1 Å². The summed E-state index contributed by atoms with van der Waals surface area (Å²) in [7, 11) is -3.19. The summed E-state index contributed by atoms with van der Waals surface area (Å²) in [4.78, 5) is 11.9. The lowest BCUT2D eigenvalue weighted by Gasteiger charge is -2.39. The van der Waals surface area contributed by atoms with E-state index in [1.165, 1.54) is 6.26 Å². The van der Waals surface area contributed by atoms with E-state index in [9.17, 15) is 12.8 Å². The van der Waals surface area contributed by atoms with Gasteiger partial charge in [-0.05, 0) is 51.2 Å². The second kappa shape index (κ2) is 9.52. The number of nitrogens with zero attached hydrogens (tertiary/aromatic N) is 3. The first-order chi connectivity index (χ1) is 16.3. The Balaban J connectivity index is 1.43. The van der Waals surface area contributed by atoms with Gasteiger partial charge in [-0.2, -0.15) is 0 Å². The summed E-state index contributed by atoms with van der Waals surface area (Å²) in [6.45, 7) is 2.34. The lowest BCUT2D eigenvalue weighted by molar-refractivity contribution is 0.123. The third-order valence-electron chi connectivity index (χ3n) is 7.14. The van der Waals surface area contributed by atoms with Gasteiger partial charge in [-0.3, -0.25) is 15.3 Å². The van der Waals surface area contributed by atoms with E-state index in [4.69, 9.17) is 4.98 Å². The van der Waals surface area contributed by atoms with Gasteiger partial charge in [0.25, 0.3) is 0 Å². The van der Waals surface area contributed by atoms with E-state index in [-0.39, 0.29) is 24.6 Å². The normalized spacial score (nSPS) is 29.6. The maximum absolute atomic E-state index is 13.0. The molecule has 186 valence electrons. The van der Waals surface area contributed by atoms with Crippen LogP contribution >= 0.6 is 0 Å². The van der Waals surface area contributed by atoms with E-state index in [1.54, 1.807) is 6.07 Å². The van der Waals surface area contributed by atoms with Gasteiger partial charge >= 0.3 is 0 Å². The molecule has 0 spiro atoms. The Morgan fingerprint density at radius 3 is 2.53 bits per heavy atom. The van der Waals surface area contributed by atoms with Crippen molar-refractivity contribution in [2.45, 2.75) is 75.1 Å². The van der Waals surface area contributed by atoms with Crippen LogP contribution in [0.2, 0.25) is 0 Å². The van der Waals surface area contributed by atoms with Crippen molar-refractivity contribution in [3.63, 3.8) is 0 Å². The smallest absolute Gasteiger partial charge is 0.153 e. The zero-order chi connectivity index (χ0) is 23.9. The first kappa shape index (κ1) is 23.7. The molecule has 0 radical (unpaired) electrons. The van der Waals surface area contributed by atoms with Gasteiger partial charge in [0.1, 0.15) is 18.3 Å². The molecule has 3 aliphatic heterocycles. The molecule has 11 heteroatoms. The molecule has 5 atom stereocenters. The summed E-state index contributed by atoms with van der Waals surface area (Å²) < 4.78 is 36.6. The number of hydrogen-bond donors (Lipinski definition) is 4. The summed E-state index contributed by atoms with van der Waals surface area (Å²) in [6, 6.07) is 6.97. The number of fused-ring (bicyclic) bond motifs is 3. The fraction of sp³-hybridized carbons (Fsp3) is 0.652. The molecule has 0 saturated carbocycles. The van der Waals surface area contributed by atoms with Crippen molar-refractivity contribution < 1.29 is 12.8 Å². The summed E-state index contributed by atoms with van der Waals surface area (Å²) in [5.41, 5.74) is 7.65. The van der Waals surface area contributed by atoms with Crippen molar-refractivity contribution in [1.29, 1.82) is 0 Å². The SMILES string of the molecule is CC1CC(Nc2cc3nc(CS(C)(=O)=O)ccc3c(NC3C[C@H]4CC[C@@H](C3)N4CCF)n2)NN1. The van der Waals surface area contributed by atoms with Crippen LogP contribution in [0.1, 0.15) is 44.7 Å². The van der Waals surface area contributed by atoms with Gasteiger partial charge in [-0.25, -0.2) is 23.2 Å². The number of hydrogen-bond acceptors (Lipinski definition) is 9. The first-order valence-electron chi connectivity index (χ1n) is 12.1. The van der Waals surface area contributed by atoms with E-state index in [0.29, 0.717) is 41.7 Å². The largest absolute Gasteiger partial charge is 0.367 e. The highest BCUT2D eigenvalue weighted by molar-refractivity contribution is 7.89. The van der Waals surface area contributed by atoms with E-state index in [0.717, 1.165) is 43.3 Å². The molecule has 3 aliphatic rings. The molecule has 0 amide bonds. The third-order valence-corrected chi connectivity index (χ3v) is 7.96. The van der Waals surface area contributed by atoms with Gasteiger partial charge in [-0.15, -0.1) is 0 Å². The van der Waals surface area contributed by atoms with E-state index < -0.39 is 9.84 Å². The fourth-order valence-electron chi connectivity index (χ4n) is 5.74. The molecular formula is C23H34FN7O2S. The maximum Gasteiger partial charge on any atom is 0.153 e. The Kier molecular flexibility index (Phi) is 6.62. The van der Waals surface area contributed by atoms with Crippen molar-refractivity contribution in [2.24, 2.45) is 0 Å². The fourth-order valence-corrected chi connectivity index (χ4v) is 6.44. The molecular weight excluding hydrogens is 457 g/mol. The molecule has 3 unspecified atom stereocenters. The Morgan fingerprint density at radius 2 is 1.88 bits per heavy atom. The van der Waals surface area contributed by atoms with Crippen molar-refractivity contribution in [2.75, 3.05) is 30.1 Å². The number of pyridine rings is 2. The number of sulfone groups is 1. The van der Waals surface area contributed by atoms with Crippen LogP contribution in [0.15, 0.2) is 18.2 Å². The summed E-state index contributed by atoms with van der Waals surface area (Å²) in [5.74, 6) is 1.34. The molecule has 2 aromatic rings. The Hall–Kier alpha value is -2.08. The Morgan fingerprint density at radius 1 is 1.12 bits per heavy atom. The predicted octanol–water partition coefficient (Wildman–Crippen LogP) is 2.18. The minimum Gasteiger partial charge on any atom is -0.367 e. The number of aromatic nitrogens is 2. The molecule has 5 rings (SSSR count). The van der Waals surface area contributed by atoms with Gasteiger partial charge in [0, 0.05) is 48.4 Å². The van der Waals surface area contributed by atoms with Crippen molar-refractivity contribution in [3.8, 4) is 0 Å². The molecule has 3 fully saturated rings. The first-order valence-corrected chi connectivity index (χ1v) is 14.2. The van der Waals surface area contributed by atoms with Crippen LogP contribution in [0.25, 0.3) is 10.9 Å². The van der Waals surface area contributed by atoms with Crippen LogP contribution in [-0.4, -0.2) is 73.1 Å². The minimum absolute atomic E-state index is 0.0341. The second-order valence-electron chi connectivity index (χ2n) is 10.0. The number of nitrogens with one attached hydrogen (secondary N) is 4. The van der Waals surface area contributed by atoms with Gasteiger partial charge in [0.05, 0.1) is 23.1 Å². The highest BCUT2D eigenvalue weighted by Gasteiger charge is 2.40. The van der Waals surface area contributed by atoms with Crippen LogP contribution in [-0.2, 0) is 15.6 Å². The van der Waals surface area contributed by atoms with Crippen LogP contribution in [0.4, 0.5) is 16.0 Å². The average Bonchev–Trinajstić information content (AvgIpc) is 3.26. The lowest BCUT2D eigenvalue weighted by Crippen LogP contribution is -2.47. The number of alkyl halides is 1. The van der Waals surface area contributed by atoms with Crippen molar-refractivity contribution in [1.82, 2.24) is 25.7 Å². The van der Waals surface area contributed by atoms with Crippen molar-refractivity contribution >= 4 is 32.4 Å². The molecule has 4 N–H and O–H groups in total. The summed E-state index contributed by atoms with van der Waals surface area (Å²) in [5, 5.41) is 7.96. The van der Waals surface area contributed by atoms with Crippen molar-refractivity contribution in [3.05, 3.63) is 23.9 Å². The van der Waals surface area contributed by atoms with Crippen LogP contribution in [0.3, 0.4) is 0 Å². The number of halogens is 1. The van der Waals surface area contributed by atoms with Gasteiger partial charge in [-0.1, -0.05) is 0 Å². The number of piperidine rings is 1. The van der Waals surface area contributed by atoms with Gasteiger partial charge in [0.15, 0.2) is 9.84 Å². The molecule has 34 heavy (non-hydrogen) atoms. The Labute approximate surface area is 200 Å². The quantitative estimate of drug-likeness (QED) is 0.441. The molecule has 0 aliphatic carbocycles. The van der Waals surface area contributed by atoms with Gasteiger partial charge in [0.2, 0.25) is 0 Å². The zero-order valence-electron chi connectivity index (χ0n) is 19.7. The standard InChI is InChI=1S/C23H34FN7O2S/c1-14-9-22(30-29-14)27-21-12-20-19(6-3-15(25-20)13-34(2,32)33)23(28-21)26-16-10-17-4-5-18(11-16)31(17)8-7-24/h3,6,12,14,16-18,22,29-30H,4-5,7-11,13H2,1-2H3,(H2,26,27,28)/t14?,16?,17-,18+,22?. The molecule has 3 saturated heterocycles. The van der Waals surface area contributed by atoms with Gasteiger partial charge < -0.3 is 10.6 Å². The summed E-state index contributed by atoms with van der Waals surface area (Å²) >= 11 is 0. The summed E-state index contributed by atoms with van der Waals surface area (Å²) in [6.07, 6.45) is 6.31. The monoisotopic (exact) mass is 491 g/mol. The molecule has 2 aromatic heterocycles. The third kappa shape index (κ3) is 5.27. The topological polar surface area (TPSA) is 111 Å². The number of hydrazine groups is 1. The van der Waals surface area contributed by atoms with E-state index >= 15 is 0 Å². The molecule has 5 heterocycles. The average molecular weight is 492 g/mol.